The standard InChI is InChI=1S/C13H14N4O3/c1-2-8(1)14-6-12-16-17-13(20-12)15-9-3-4-10-11(5-9)19-7-18-10/h3-5,8,14H,1-2,6-7H2,(H,15,17). The van der Waals surface area contributed by atoms with E-state index >= 15 is 0 Å². The Morgan fingerprint density at radius 3 is 2.95 bits per heavy atom. The topological polar surface area (TPSA) is 81.4 Å². The lowest BCUT2D eigenvalue weighted by molar-refractivity contribution is 0.174. The van der Waals surface area contributed by atoms with Gasteiger partial charge in [-0.15, -0.1) is 5.10 Å². The van der Waals surface area contributed by atoms with E-state index in [0.717, 1.165) is 11.4 Å². The van der Waals surface area contributed by atoms with Gasteiger partial charge in [0.05, 0.1) is 6.54 Å². The second-order valence-electron chi connectivity index (χ2n) is 4.85. The molecule has 4 rings (SSSR count). The molecule has 1 aromatic carbocycles. The van der Waals surface area contributed by atoms with E-state index < -0.39 is 0 Å². The molecule has 1 fully saturated rings. The van der Waals surface area contributed by atoms with Crippen LogP contribution in [0.2, 0.25) is 0 Å². The zero-order valence-corrected chi connectivity index (χ0v) is 10.8. The van der Waals surface area contributed by atoms with Gasteiger partial charge >= 0.3 is 6.01 Å². The van der Waals surface area contributed by atoms with Crippen molar-refractivity contribution in [3.63, 3.8) is 0 Å². The van der Waals surface area contributed by atoms with Gasteiger partial charge in [0.15, 0.2) is 11.5 Å². The van der Waals surface area contributed by atoms with E-state index in [1.54, 1.807) is 0 Å². The average molecular weight is 274 g/mol. The molecule has 0 bridgehead atoms. The Morgan fingerprint density at radius 1 is 1.15 bits per heavy atom. The molecule has 0 amide bonds. The maximum atomic E-state index is 5.52. The van der Waals surface area contributed by atoms with Crippen LogP contribution < -0.4 is 20.1 Å². The van der Waals surface area contributed by atoms with E-state index in [1.165, 1.54) is 12.8 Å². The van der Waals surface area contributed by atoms with Gasteiger partial charge in [-0.25, -0.2) is 0 Å². The van der Waals surface area contributed by atoms with E-state index in [0.29, 0.717) is 30.2 Å². The van der Waals surface area contributed by atoms with E-state index in [-0.39, 0.29) is 6.79 Å². The third-order valence-electron chi connectivity index (χ3n) is 3.21. The molecular weight excluding hydrogens is 260 g/mol. The number of rotatable bonds is 5. The summed E-state index contributed by atoms with van der Waals surface area (Å²) in [5.74, 6) is 2.04. The second kappa shape index (κ2) is 4.68. The van der Waals surface area contributed by atoms with Crippen molar-refractivity contribution < 1.29 is 13.9 Å². The first-order chi connectivity index (χ1) is 9.87. The number of fused-ring (bicyclic) bond motifs is 1. The van der Waals surface area contributed by atoms with E-state index in [1.807, 2.05) is 18.2 Å². The average Bonchev–Trinajstić information content (AvgIpc) is 2.99. The third-order valence-corrected chi connectivity index (χ3v) is 3.21. The molecule has 1 aliphatic carbocycles. The van der Waals surface area contributed by atoms with Crippen molar-refractivity contribution in [1.29, 1.82) is 0 Å². The number of aromatic nitrogens is 2. The molecule has 1 aromatic heterocycles. The van der Waals surface area contributed by atoms with Crippen LogP contribution in [0.1, 0.15) is 18.7 Å². The molecule has 2 N–H and O–H groups in total. The SMILES string of the molecule is c1cc2c(cc1Nc1nnc(CNC3CC3)o1)OCO2. The number of nitrogens with one attached hydrogen (secondary N) is 2. The van der Waals surface area contributed by atoms with Gasteiger partial charge in [0.1, 0.15) is 0 Å². The molecule has 0 spiro atoms. The van der Waals surface area contributed by atoms with Gasteiger partial charge in [-0.3, -0.25) is 0 Å². The number of ether oxygens (including phenoxy) is 2. The van der Waals surface area contributed by atoms with Gasteiger partial charge in [0, 0.05) is 17.8 Å². The molecule has 0 radical (unpaired) electrons. The van der Waals surface area contributed by atoms with Gasteiger partial charge in [0.25, 0.3) is 0 Å². The Bertz CT molecular complexity index is 624. The number of benzene rings is 1. The summed E-state index contributed by atoms with van der Waals surface area (Å²) < 4.78 is 16.1. The van der Waals surface area contributed by atoms with Crippen LogP contribution in [0.15, 0.2) is 22.6 Å². The number of anilines is 2. The van der Waals surface area contributed by atoms with Crippen LogP contribution in [0.4, 0.5) is 11.7 Å². The molecule has 1 saturated carbocycles. The van der Waals surface area contributed by atoms with Crippen molar-refractivity contribution in [1.82, 2.24) is 15.5 Å². The molecule has 2 aromatic rings. The minimum absolute atomic E-state index is 0.260. The number of nitrogens with zero attached hydrogens (tertiary/aromatic N) is 2. The quantitative estimate of drug-likeness (QED) is 0.860. The minimum Gasteiger partial charge on any atom is -0.454 e. The Hall–Kier alpha value is -2.28. The smallest absolute Gasteiger partial charge is 0.320 e. The van der Waals surface area contributed by atoms with Gasteiger partial charge in [-0.1, -0.05) is 5.10 Å². The van der Waals surface area contributed by atoms with E-state index in [4.69, 9.17) is 13.9 Å². The summed E-state index contributed by atoms with van der Waals surface area (Å²) in [6.45, 7) is 0.872. The summed E-state index contributed by atoms with van der Waals surface area (Å²) in [6, 6.07) is 6.55. The van der Waals surface area contributed by atoms with E-state index in [2.05, 4.69) is 20.8 Å². The lowest BCUT2D eigenvalue weighted by atomic mass is 10.3. The fourth-order valence-corrected chi connectivity index (χ4v) is 1.99. The Morgan fingerprint density at radius 2 is 2.05 bits per heavy atom. The molecule has 0 saturated heterocycles. The fourth-order valence-electron chi connectivity index (χ4n) is 1.99. The maximum absolute atomic E-state index is 5.52. The van der Waals surface area contributed by atoms with Crippen LogP contribution >= 0.6 is 0 Å². The van der Waals surface area contributed by atoms with Gasteiger partial charge < -0.3 is 24.5 Å². The zero-order valence-electron chi connectivity index (χ0n) is 10.8. The lowest BCUT2D eigenvalue weighted by Gasteiger charge is -2.02. The molecule has 7 heteroatoms. The first-order valence-corrected chi connectivity index (χ1v) is 6.59. The van der Waals surface area contributed by atoms with Crippen molar-refractivity contribution in [2.24, 2.45) is 0 Å². The third kappa shape index (κ3) is 2.39. The molecule has 7 nitrogen and oxygen atoms in total. The summed E-state index contributed by atoms with van der Waals surface area (Å²) in [5, 5.41) is 14.3. The van der Waals surface area contributed by atoms with Crippen LogP contribution in [-0.4, -0.2) is 23.0 Å². The highest BCUT2D eigenvalue weighted by atomic mass is 16.7. The summed E-state index contributed by atoms with van der Waals surface area (Å²) in [5.41, 5.74) is 0.819. The highest BCUT2D eigenvalue weighted by Gasteiger charge is 2.21. The summed E-state index contributed by atoms with van der Waals surface area (Å²) in [6.07, 6.45) is 2.47. The van der Waals surface area contributed by atoms with Crippen molar-refractivity contribution in [2.45, 2.75) is 25.4 Å². The molecule has 0 atom stereocenters. The van der Waals surface area contributed by atoms with Crippen molar-refractivity contribution in [3.05, 3.63) is 24.1 Å². The number of hydrogen-bond acceptors (Lipinski definition) is 7. The molecular formula is C13H14N4O3. The summed E-state index contributed by atoms with van der Waals surface area (Å²) in [7, 11) is 0. The first kappa shape index (κ1) is 11.5. The molecule has 0 unspecified atom stereocenters. The fraction of sp³-hybridized carbons (Fsp3) is 0.385. The predicted octanol–water partition coefficient (Wildman–Crippen LogP) is 1.79. The predicted molar refractivity (Wildman–Crippen MR) is 70.0 cm³/mol. The van der Waals surface area contributed by atoms with Crippen molar-refractivity contribution >= 4 is 11.7 Å². The first-order valence-electron chi connectivity index (χ1n) is 6.59. The van der Waals surface area contributed by atoms with Gasteiger partial charge in [-0.05, 0) is 25.0 Å². The summed E-state index contributed by atoms with van der Waals surface area (Å²) in [4.78, 5) is 0. The van der Waals surface area contributed by atoms with Crippen LogP contribution in [-0.2, 0) is 6.54 Å². The highest BCUT2D eigenvalue weighted by Crippen LogP contribution is 2.34. The summed E-state index contributed by atoms with van der Waals surface area (Å²) >= 11 is 0. The Kier molecular flexibility index (Phi) is 2.70. The monoisotopic (exact) mass is 274 g/mol. The molecule has 2 aliphatic rings. The van der Waals surface area contributed by atoms with Crippen molar-refractivity contribution in [3.8, 4) is 11.5 Å². The van der Waals surface area contributed by atoms with Gasteiger partial charge in [0.2, 0.25) is 12.7 Å². The van der Waals surface area contributed by atoms with E-state index in [9.17, 15) is 0 Å². The highest BCUT2D eigenvalue weighted by molar-refractivity contribution is 5.59. The second-order valence-corrected chi connectivity index (χ2v) is 4.85. The molecule has 2 heterocycles. The van der Waals surface area contributed by atoms with Crippen LogP contribution in [0.25, 0.3) is 0 Å². The Balaban J connectivity index is 1.42. The lowest BCUT2D eigenvalue weighted by Crippen LogP contribution is -2.15. The normalized spacial score (nSPS) is 16.4. The molecule has 104 valence electrons. The van der Waals surface area contributed by atoms with Crippen LogP contribution in [0.3, 0.4) is 0 Å². The Labute approximate surface area is 115 Å². The van der Waals surface area contributed by atoms with Crippen LogP contribution in [0, 0.1) is 0 Å². The minimum atomic E-state index is 0.260. The van der Waals surface area contributed by atoms with Crippen LogP contribution in [0.5, 0.6) is 11.5 Å². The molecule has 1 aliphatic heterocycles. The van der Waals surface area contributed by atoms with Gasteiger partial charge in [-0.2, -0.15) is 0 Å². The maximum Gasteiger partial charge on any atom is 0.320 e. The largest absolute Gasteiger partial charge is 0.454 e. The number of hydrogen-bond donors (Lipinski definition) is 2. The van der Waals surface area contributed by atoms with Crippen molar-refractivity contribution in [2.75, 3.05) is 12.1 Å². The molecule has 20 heavy (non-hydrogen) atoms. The zero-order chi connectivity index (χ0) is 13.4.